The number of benzene rings is 1. The maximum Gasteiger partial charge on any atom is 0.308 e. The Bertz CT molecular complexity index is 620. The van der Waals surface area contributed by atoms with Gasteiger partial charge in [0, 0.05) is 31.5 Å². The van der Waals surface area contributed by atoms with Crippen molar-refractivity contribution >= 4 is 39.4 Å². The number of rotatable bonds is 4. The van der Waals surface area contributed by atoms with Crippen molar-refractivity contribution in [1.82, 2.24) is 0 Å². The van der Waals surface area contributed by atoms with E-state index in [1.165, 1.54) is 32.9 Å². The molecular formula is C14H13O6Si. The summed E-state index contributed by atoms with van der Waals surface area (Å²) >= 11 is 0. The summed E-state index contributed by atoms with van der Waals surface area (Å²) in [5.41, 5.74) is 0.333. The van der Waals surface area contributed by atoms with Gasteiger partial charge in [0.1, 0.15) is 5.75 Å². The van der Waals surface area contributed by atoms with E-state index in [1.807, 2.05) is 0 Å². The fraction of sp³-hybridized carbons (Fsp3) is 0.214. The zero-order valence-corrected chi connectivity index (χ0v) is 12.8. The summed E-state index contributed by atoms with van der Waals surface area (Å²) in [6.07, 6.45) is 1.38. The highest BCUT2D eigenvalue weighted by Crippen LogP contribution is 2.34. The van der Waals surface area contributed by atoms with Crippen molar-refractivity contribution < 1.29 is 28.6 Å². The molecule has 0 saturated carbocycles. The van der Waals surface area contributed by atoms with Crippen LogP contribution in [0, 0.1) is 0 Å². The van der Waals surface area contributed by atoms with Crippen LogP contribution in [0.3, 0.4) is 0 Å². The van der Waals surface area contributed by atoms with Crippen molar-refractivity contribution in [3.05, 3.63) is 18.2 Å². The lowest BCUT2D eigenvalue weighted by atomic mass is 10.1. The van der Waals surface area contributed by atoms with E-state index >= 15 is 0 Å². The first-order chi connectivity index (χ1) is 9.76. The van der Waals surface area contributed by atoms with Crippen LogP contribution in [-0.2, 0) is 14.4 Å². The number of hydrogen-bond acceptors (Lipinski definition) is 6. The van der Waals surface area contributed by atoms with Crippen molar-refractivity contribution in [2.45, 2.75) is 20.8 Å². The topological polar surface area (TPSA) is 78.9 Å². The normalized spacial score (nSPS) is 9.71. The molecule has 1 aromatic carbocycles. The van der Waals surface area contributed by atoms with Gasteiger partial charge in [-0.15, -0.1) is 0 Å². The quantitative estimate of drug-likeness (QED) is 0.467. The van der Waals surface area contributed by atoms with Crippen molar-refractivity contribution in [2.75, 3.05) is 0 Å². The highest BCUT2D eigenvalue weighted by molar-refractivity contribution is 6.37. The van der Waals surface area contributed by atoms with Gasteiger partial charge >= 0.3 is 17.9 Å². The fourth-order valence-corrected chi connectivity index (χ4v) is 1.80. The summed E-state index contributed by atoms with van der Waals surface area (Å²) in [5.74, 6) is -1.73. The number of esters is 3. The van der Waals surface area contributed by atoms with Crippen LogP contribution in [0.5, 0.6) is 17.2 Å². The number of ether oxygens (including phenoxy) is 3. The van der Waals surface area contributed by atoms with Gasteiger partial charge in [-0.25, -0.2) is 0 Å². The van der Waals surface area contributed by atoms with Crippen LogP contribution >= 0.6 is 0 Å². The Hall–Kier alpha value is -2.41. The van der Waals surface area contributed by atoms with E-state index < -0.39 is 17.9 Å². The summed E-state index contributed by atoms with van der Waals surface area (Å²) in [6.45, 7) is 7.20. The van der Waals surface area contributed by atoms with Gasteiger partial charge in [-0.2, -0.15) is 0 Å². The average molecular weight is 305 g/mol. The first-order valence-corrected chi connectivity index (χ1v) is 6.36. The number of carbonyl (C=O) groups is 3. The van der Waals surface area contributed by atoms with Crippen LogP contribution in [0.25, 0.3) is 6.08 Å². The maximum atomic E-state index is 11.2. The molecule has 0 spiro atoms. The molecule has 7 heteroatoms. The summed E-state index contributed by atoms with van der Waals surface area (Å²) < 4.78 is 15.1. The van der Waals surface area contributed by atoms with Gasteiger partial charge in [0.15, 0.2) is 11.5 Å². The van der Waals surface area contributed by atoms with Crippen LogP contribution in [0.2, 0.25) is 0 Å². The van der Waals surface area contributed by atoms with Gasteiger partial charge in [-0.3, -0.25) is 14.4 Å². The molecule has 0 unspecified atom stereocenters. The molecule has 0 aliphatic heterocycles. The van der Waals surface area contributed by atoms with Crippen molar-refractivity contribution in [2.24, 2.45) is 0 Å². The molecule has 0 amide bonds. The molecule has 0 atom stereocenters. The second kappa shape index (κ2) is 6.85. The second-order valence-electron chi connectivity index (χ2n) is 3.98. The molecule has 3 radical (unpaired) electrons. The van der Waals surface area contributed by atoms with Gasteiger partial charge in [-0.05, 0) is 6.07 Å². The fourth-order valence-electron chi connectivity index (χ4n) is 1.51. The van der Waals surface area contributed by atoms with E-state index in [0.29, 0.717) is 5.56 Å². The summed E-state index contributed by atoms with van der Waals surface area (Å²) in [4.78, 5) is 33.5. The van der Waals surface area contributed by atoms with E-state index in [2.05, 4.69) is 16.8 Å². The molecule has 0 saturated heterocycles. The molecule has 109 valence electrons. The summed E-state index contributed by atoms with van der Waals surface area (Å²) in [5, 5.41) is 0.169. The Morgan fingerprint density at radius 1 is 1.00 bits per heavy atom. The average Bonchev–Trinajstić information content (AvgIpc) is 2.35. The molecule has 21 heavy (non-hydrogen) atoms. The molecule has 1 aromatic rings. The molecule has 0 fully saturated rings. The molecule has 0 aliphatic carbocycles. The Labute approximate surface area is 125 Å². The molecule has 1 rings (SSSR count). The summed E-state index contributed by atoms with van der Waals surface area (Å²) in [7, 11) is 3.22. The lowest BCUT2D eigenvalue weighted by molar-refractivity contribution is -0.134. The zero-order valence-electron chi connectivity index (χ0n) is 11.8. The Kier molecular flexibility index (Phi) is 5.42. The van der Waals surface area contributed by atoms with Crippen molar-refractivity contribution in [3.63, 3.8) is 0 Å². The molecular weight excluding hydrogens is 292 g/mol. The third-order valence-electron chi connectivity index (χ3n) is 2.19. The molecule has 0 bridgehead atoms. The van der Waals surface area contributed by atoms with Crippen molar-refractivity contribution in [1.29, 1.82) is 0 Å². The molecule has 0 N–H and O–H groups in total. The predicted molar refractivity (Wildman–Crippen MR) is 75.8 cm³/mol. The van der Waals surface area contributed by atoms with Gasteiger partial charge < -0.3 is 14.2 Å². The van der Waals surface area contributed by atoms with Gasteiger partial charge in [0.05, 0.1) is 10.2 Å². The smallest absolute Gasteiger partial charge is 0.308 e. The Morgan fingerprint density at radius 3 is 1.90 bits per heavy atom. The highest BCUT2D eigenvalue weighted by Gasteiger charge is 2.21. The zero-order chi connectivity index (χ0) is 16.2. The third kappa shape index (κ3) is 4.28. The van der Waals surface area contributed by atoms with Crippen LogP contribution in [0.15, 0.2) is 12.6 Å². The molecule has 6 nitrogen and oxygen atoms in total. The third-order valence-corrected chi connectivity index (χ3v) is 2.67. The lowest BCUT2D eigenvalue weighted by Crippen LogP contribution is -2.20. The van der Waals surface area contributed by atoms with Crippen LogP contribution in [0.1, 0.15) is 26.3 Å². The molecule has 0 aromatic heterocycles. The standard InChI is InChI=1S/C14H13O6Si/c1-5-10-6-11(18-7(2)15)14(21)13(20-9(4)17)12(10)19-8(3)16/h5-6H,1H2,2-4H3. The number of carbonyl (C=O) groups excluding carboxylic acids is 3. The minimum absolute atomic E-state index is 0.00796. The van der Waals surface area contributed by atoms with Gasteiger partial charge in [-0.1, -0.05) is 12.7 Å². The van der Waals surface area contributed by atoms with Crippen molar-refractivity contribution in [3.8, 4) is 17.2 Å². The number of hydrogen-bond donors (Lipinski definition) is 0. The van der Waals surface area contributed by atoms with E-state index in [9.17, 15) is 14.4 Å². The predicted octanol–water partition coefficient (Wildman–Crippen LogP) is 0.899. The Morgan fingerprint density at radius 2 is 1.48 bits per heavy atom. The lowest BCUT2D eigenvalue weighted by Gasteiger charge is -2.17. The van der Waals surface area contributed by atoms with Gasteiger partial charge in [0.2, 0.25) is 0 Å². The SMILES string of the molecule is C=Cc1cc(OC(C)=O)c([Si])c(OC(C)=O)c1OC(C)=O. The monoisotopic (exact) mass is 305 g/mol. The van der Waals surface area contributed by atoms with Gasteiger partial charge in [0.25, 0.3) is 0 Å². The van der Waals surface area contributed by atoms with E-state index in [-0.39, 0.29) is 22.4 Å². The second-order valence-corrected chi connectivity index (χ2v) is 4.48. The highest BCUT2D eigenvalue weighted by atomic mass is 28.1. The van der Waals surface area contributed by atoms with Crippen LogP contribution in [-0.4, -0.2) is 28.2 Å². The van der Waals surface area contributed by atoms with E-state index in [0.717, 1.165) is 0 Å². The minimum atomic E-state index is -0.627. The van der Waals surface area contributed by atoms with E-state index in [4.69, 9.17) is 14.2 Å². The largest absolute Gasteiger partial charge is 0.427 e. The van der Waals surface area contributed by atoms with E-state index in [1.54, 1.807) is 0 Å². The first-order valence-electron chi connectivity index (χ1n) is 5.86. The molecule has 0 heterocycles. The minimum Gasteiger partial charge on any atom is -0.427 e. The summed E-state index contributed by atoms with van der Waals surface area (Å²) in [6, 6.07) is 1.43. The first kappa shape index (κ1) is 16.6. The molecule has 0 aliphatic rings. The van der Waals surface area contributed by atoms with Crippen LogP contribution in [0.4, 0.5) is 0 Å². The maximum absolute atomic E-state index is 11.2. The Balaban J connectivity index is 3.56. The van der Waals surface area contributed by atoms with Crippen LogP contribution < -0.4 is 19.4 Å².